The lowest BCUT2D eigenvalue weighted by Crippen LogP contribution is -2.49. The first-order valence-corrected chi connectivity index (χ1v) is 8.55. The Balaban J connectivity index is 1.73. The maximum atomic E-state index is 5.90. The number of benzene rings is 1. The number of para-hydroxylation sites is 1. The molecule has 0 aromatic heterocycles. The minimum atomic E-state index is 0.00607. The zero-order valence-electron chi connectivity index (χ0n) is 11.9. The zero-order valence-corrected chi connectivity index (χ0v) is 13.5. The number of thiocarbonyl (C=S) groups is 1. The summed E-state index contributed by atoms with van der Waals surface area (Å²) in [7, 11) is 0. The third-order valence-electron chi connectivity index (χ3n) is 3.92. The lowest BCUT2D eigenvalue weighted by Gasteiger charge is -2.39. The number of rotatable bonds is 6. The molecule has 1 fully saturated rings. The summed E-state index contributed by atoms with van der Waals surface area (Å²) in [6.07, 6.45) is 4.18. The summed E-state index contributed by atoms with van der Waals surface area (Å²) in [5.41, 5.74) is 5.90. The van der Waals surface area contributed by atoms with Crippen LogP contribution >= 0.6 is 24.0 Å². The maximum Gasteiger partial charge on any atom is 0.119 e. The van der Waals surface area contributed by atoms with Gasteiger partial charge in [-0.25, -0.2) is 0 Å². The van der Waals surface area contributed by atoms with Gasteiger partial charge in [-0.1, -0.05) is 30.4 Å². The normalized spacial score (nSPS) is 18.6. The summed E-state index contributed by atoms with van der Waals surface area (Å²) in [4.78, 5) is 3.08. The Kier molecular flexibility index (Phi) is 5.69. The first-order valence-electron chi connectivity index (χ1n) is 6.91. The van der Waals surface area contributed by atoms with E-state index in [2.05, 4.69) is 11.2 Å². The van der Waals surface area contributed by atoms with Crippen LogP contribution in [-0.2, 0) is 0 Å². The largest absolute Gasteiger partial charge is 0.492 e. The second-order valence-corrected chi connectivity index (χ2v) is 6.70. The van der Waals surface area contributed by atoms with E-state index in [4.69, 9.17) is 22.7 Å². The predicted octanol–water partition coefficient (Wildman–Crippen LogP) is 2.55. The second-order valence-electron chi connectivity index (χ2n) is 5.07. The van der Waals surface area contributed by atoms with Gasteiger partial charge < -0.3 is 10.5 Å². The van der Waals surface area contributed by atoms with Crippen molar-refractivity contribution in [1.29, 1.82) is 0 Å². The van der Waals surface area contributed by atoms with Crippen molar-refractivity contribution in [2.45, 2.75) is 17.6 Å². The van der Waals surface area contributed by atoms with Crippen LogP contribution in [0.5, 0.6) is 5.75 Å². The molecule has 1 saturated heterocycles. The maximum absolute atomic E-state index is 5.90. The topological polar surface area (TPSA) is 38.5 Å². The summed E-state index contributed by atoms with van der Waals surface area (Å²) >= 11 is 7.03. The summed E-state index contributed by atoms with van der Waals surface area (Å²) in [5, 5.41) is 0. The SMILES string of the molecule is CSC1(C(N)=S)CCN(CCOc2ccccc2)CC1. The van der Waals surface area contributed by atoms with Crippen LogP contribution in [0, 0.1) is 0 Å². The Labute approximate surface area is 130 Å². The van der Waals surface area contributed by atoms with Crippen molar-refractivity contribution in [2.24, 2.45) is 5.73 Å². The molecule has 0 aliphatic carbocycles. The molecular formula is C15H22N2OS2. The minimum Gasteiger partial charge on any atom is -0.492 e. The molecule has 1 aliphatic rings. The van der Waals surface area contributed by atoms with Crippen molar-refractivity contribution in [2.75, 3.05) is 32.5 Å². The highest BCUT2D eigenvalue weighted by Crippen LogP contribution is 2.34. The van der Waals surface area contributed by atoms with Gasteiger partial charge in [0.05, 0.1) is 9.74 Å². The Hall–Kier alpha value is -0.780. The van der Waals surface area contributed by atoms with Crippen molar-refractivity contribution in [3.05, 3.63) is 30.3 Å². The molecule has 1 aromatic carbocycles. The van der Waals surface area contributed by atoms with Crippen LogP contribution in [0.4, 0.5) is 0 Å². The minimum absolute atomic E-state index is 0.00607. The summed E-state index contributed by atoms with van der Waals surface area (Å²) in [6.45, 7) is 3.76. The number of hydrogen-bond acceptors (Lipinski definition) is 4. The van der Waals surface area contributed by atoms with Gasteiger partial charge in [0.1, 0.15) is 12.4 Å². The van der Waals surface area contributed by atoms with Gasteiger partial charge in [-0.05, 0) is 31.2 Å². The highest BCUT2D eigenvalue weighted by Gasteiger charge is 2.36. The van der Waals surface area contributed by atoms with Gasteiger partial charge in [-0.3, -0.25) is 4.90 Å². The number of ether oxygens (including phenoxy) is 1. The van der Waals surface area contributed by atoms with E-state index in [1.54, 1.807) is 11.8 Å². The van der Waals surface area contributed by atoms with Crippen LogP contribution < -0.4 is 10.5 Å². The molecule has 0 atom stereocenters. The van der Waals surface area contributed by atoms with Crippen LogP contribution in [0.25, 0.3) is 0 Å². The number of nitrogens with zero attached hydrogens (tertiary/aromatic N) is 1. The molecule has 20 heavy (non-hydrogen) atoms. The van der Waals surface area contributed by atoms with Gasteiger partial charge in [0.15, 0.2) is 0 Å². The van der Waals surface area contributed by atoms with Crippen LogP contribution in [0.3, 0.4) is 0 Å². The molecule has 0 bridgehead atoms. The average Bonchev–Trinajstić information content (AvgIpc) is 2.49. The van der Waals surface area contributed by atoms with Gasteiger partial charge in [0.25, 0.3) is 0 Å². The fourth-order valence-corrected chi connectivity index (χ4v) is 3.74. The molecule has 1 aromatic rings. The molecule has 0 radical (unpaired) electrons. The quantitative estimate of drug-likeness (QED) is 0.818. The van der Waals surface area contributed by atoms with E-state index in [9.17, 15) is 0 Å². The zero-order chi connectivity index (χ0) is 14.4. The Morgan fingerprint density at radius 1 is 1.35 bits per heavy atom. The molecule has 110 valence electrons. The number of nitrogens with two attached hydrogens (primary N) is 1. The van der Waals surface area contributed by atoms with Gasteiger partial charge in [0, 0.05) is 19.6 Å². The van der Waals surface area contributed by atoms with Gasteiger partial charge >= 0.3 is 0 Å². The van der Waals surface area contributed by atoms with Crippen LogP contribution in [0.2, 0.25) is 0 Å². The van der Waals surface area contributed by atoms with Crippen molar-refractivity contribution < 1.29 is 4.74 Å². The Bertz CT molecular complexity index is 431. The molecular weight excluding hydrogens is 288 g/mol. The van der Waals surface area contributed by atoms with Gasteiger partial charge in [-0.15, -0.1) is 0 Å². The molecule has 0 amide bonds. The monoisotopic (exact) mass is 310 g/mol. The Morgan fingerprint density at radius 3 is 2.55 bits per heavy atom. The van der Waals surface area contributed by atoms with Crippen molar-refractivity contribution in [1.82, 2.24) is 4.90 Å². The number of hydrogen-bond donors (Lipinski definition) is 1. The summed E-state index contributed by atoms with van der Waals surface area (Å²) in [5.74, 6) is 0.936. The number of likely N-dealkylation sites (tertiary alicyclic amines) is 1. The van der Waals surface area contributed by atoms with E-state index in [0.29, 0.717) is 4.99 Å². The fraction of sp³-hybridized carbons (Fsp3) is 0.533. The van der Waals surface area contributed by atoms with Crippen LogP contribution in [-0.4, -0.2) is 47.1 Å². The molecule has 0 saturated carbocycles. The molecule has 1 aliphatic heterocycles. The van der Waals surface area contributed by atoms with E-state index in [0.717, 1.165) is 44.8 Å². The van der Waals surface area contributed by atoms with Gasteiger partial charge in [-0.2, -0.15) is 11.8 Å². The number of piperidine rings is 1. The highest BCUT2D eigenvalue weighted by atomic mass is 32.2. The van der Waals surface area contributed by atoms with Crippen molar-refractivity contribution in [3.63, 3.8) is 0 Å². The van der Waals surface area contributed by atoms with Gasteiger partial charge in [0.2, 0.25) is 0 Å². The molecule has 5 heteroatoms. The molecule has 0 unspecified atom stereocenters. The van der Waals surface area contributed by atoms with E-state index >= 15 is 0 Å². The van der Waals surface area contributed by atoms with E-state index in [1.807, 2.05) is 30.3 Å². The molecule has 0 spiro atoms. The first-order chi connectivity index (χ1) is 9.66. The molecule has 1 heterocycles. The lowest BCUT2D eigenvalue weighted by atomic mass is 9.95. The predicted molar refractivity (Wildman–Crippen MR) is 90.6 cm³/mol. The fourth-order valence-electron chi connectivity index (χ4n) is 2.50. The molecule has 2 rings (SSSR count). The van der Waals surface area contributed by atoms with Crippen LogP contribution in [0.15, 0.2) is 30.3 Å². The van der Waals surface area contributed by atoms with E-state index in [1.165, 1.54) is 0 Å². The molecule has 3 nitrogen and oxygen atoms in total. The summed E-state index contributed by atoms with van der Waals surface area (Å²) < 4.78 is 5.74. The van der Waals surface area contributed by atoms with Crippen LogP contribution in [0.1, 0.15) is 12.8 Å². The molecule has 2 N–H and O–H groups in total. The standard InChI is InChI=1S/C15H22N2OS2/c1-20-15(14(16)19)7-9-17(10-8-15)11-12-18-13-5-3-2-4-6-13/h2-6H,7-12H2,1H3,(H2,16,19). The highest BCUT2D eigenvalue weighted by molar-refractivity contribution is 8.02. The third-order valence-corrected chi connectivity index (χ3v) is 5.85. The first kappa shape index (κ1) is 15.6. The summed E-state index contributed by atoms with van der Waals surface area (Å²) in [6, 6.07) is 9.95. The average molecular weight is 310 g/mol. The second kappa shape index (κ2) is 7.29. The third kappa shape index (κ3) is 3.87. The van der Waals surface area contributed by atoms with E-state index < -0.39 is 0 Å². The number of thioether (sulfide) groups is 1. The van der Waals surface area contributed by atoms with Crippen molar-refractivity contribution in [3.8, 4) is 5.75 Å². The van der Waals surface area contributed by atoms with E-state index in [-0.39, 0.29) is 4.75 Å². The van der Waals surface area contributed by atoms with Crippen molar-refractivity contribution >= 4 is 29.0 Å². The Morgan fingerprint density at radius 2 is 2.00 bits per heavy atom. The lowest BCUT2D eigenvalue weighted by molar-refractivity contribution is 0.178. The smallest absolute Gasteiger partial charge is 0.119 e.